The summed E-state index contributed by atoms with van der Waals surface area (Å²) in [6.07, 6.45) is 0. The van der Waals surface area contributed by atoms with Gasteiger partial charge in [-0.3, -0.25) is 33.3 Å². The zero-order valence-electron chi connectivity index (χ0n) is 88.7. The van der Waals surface area contributed by atoms with Crippen molar-refractivity contribution in [3.05, 3.63) is 334 Å². The van der Waals surface area contributed by atoms with Gasteiger partial charge in [0.2, 0.25) is 0 Å². The number of nitrogens with zero attached hydrogens (tertiary/aromatic N) is 10. The SMILES string of the molecule is CC(=O)C(C)(C)OCc1cc(-c2cccc(OCC(C)C)c2)n(Cc2ccccc2)n1.COc1cccc(-c2cc(COC(C)(C)C(C)=O)nn2-c2ccc(Cl)cc2)c1.COc1cccc(-c2cc(COC(C)(C)C(C)=O)nn2-c2cccc(Cl)c2)c1.COc1cccc(-c2cc(COC(C)(C)C(C)=O)nn2-c2ccccc2Cl)c1.COc1ccccc1Cn1nc(COC(C)(C)C(C)=O)cc1-c1cccc(OCC(C)C)c1. The Labute approximate surface area is 883 Å². The Morgan fingerprint density at radius 2 is 0.622 bits per heavy atom. The summed E-state index contributed by atoms with van der Waals surface area (Å²) in [5, 5.41) is 25.6. The minimum absolute atomic E-state index is 0.00792. The van der Waals surface area contributed by atoms with Crippen LogP contribution in [0.25, 0.3) is 73.3 Å². The van der Waals surface area contributed by atoms with E-state index in [2.05, 4.69) is 45.9 Å². The van der Waals surface area contributed by atoms with Crippen LogP contribution in [-0.2, 0) is 93.8 Å². The van der Waals surface area contributed by atoms with E-state index < -0.39 is 28.0 Å². The van der Waals surface area contributed by atoms with Crippen LogP contribution >= 0.6 is 34.8 Å². The van der Waals surface area contributed by atoms with Crippen LogP contribution < -0.4 is 28.4 Å². The van der Waals surface area contributed by atoms with Crippen LogP contribution in [0.4, 0.5) is 0 Å². The fourth-order valence-electron chi connectivity index (χ4n) is 14.2. The van der Waals surface area contributed by atoms with E-state index in [9.17, 15) is 24.0 Å². The van der Waals surface area contributed by atoms with Crippen LogP contribution in [0.5, 0.6) is 34.5 Å². The van der Waals surface area contributed by atoms with E-state index in [4.69, 9.17) is 112 Å². The molecule has 0 bridgehead atoms. The second-order valence-corrected chi connectivity index (χ2v) is 40.1. The number of carbonyl (C=O) groups is 5. The van der Waals surface area contributed by atoms with Gasteiger partial charge in [-0.15, -0.1) is 0 Å². The average Bonchev–Trinajstić information content (AvgIpc) is 1.62. The summed E-state index contributed by atoms with van der Waals surface area (Å²) in [6, 6.07) is 89.9. The minimum Gasteiger partial charge on any atom is -0.497 e. The molecule has 29 heteroatoms. The lowest BCUT2D eigenvalue weighted by molar-refractivity contribution is -0.140. The van der Waals surface area contributed by atoms with Crippen LogP contribution in [0.3, 0.4) is 0 Å². The molecule has 10 aromatic carbocycles. The second kappa shape index (κ2) is 52.6. The molecule has 5 aromatic heterocycles. The molecular formula is C119H135Cl3N10O16. The van der Waals surface area contributed by atoms with Gasteiger partial charge in [0, 0.05) is 43.4 Å². The third-order valence-corrected chi connectivity index (χ3v) is 25.3. The summed E-state index contributed by atoms with van der Waals surface area (Å²) in [5.74, 6) is 5.51. The average molecular weight is 2070 g/mol. The van der Waals surface area contributed by atoms with E-state index >= 15 is 0 Å². The Bertz CT molecular complexity index is 6970. The van der Waals surface area contributed by atoms with E-state index in [-0.39, 0.29) is 62.0 Å². The van der Waals surface area contributed by atoms with Gasteiger partial charge in [-0.1, -0.05) is 190 Å². The Morgan fingerprint density at radius 1 is 0.297 bits per heavy atom. The van der Waals surface area contributed by atoms with Gasteiger partial charge in [-0.25, -0.2) is 14.0 Å². The number of benzene rings is 10. The molecule has 0 N–H and O–H groups in total. The molecule has 0 unspecified atom stereocenters. The molecule has 15 rings (SSSR count). The lowest BCUT2D eigenvalue weighted by Gasteiger charge is -2.21. The predicted molar refractivity (Wildman–Crippen MR) is 583 cm³/mol. The maximum Gasteiger partial charge on any atom is 0.161 e. The van der Waals surface area contributed by atoms with Gasteiger partial charge in [0.05, 0.1) is 167 Å². The molecular weight excluding hydrogens is 1930 g/mol. The van der Waals surface area contributed by atoms with Crippen molar-refractivity contribution >= 4 is 63.7 Å². The van der Waals surface area contributed by atoms with Crippen molar-refractivity contribution < 1.29 is 76.1 Å². The summed E-state index contributed by atoms with van der Waals surface area (Å²) in [5.41, 5.74) is 13.4. The predicted octanol–water partition coefficient (Wildman–Crippen LogP) is 26.3. The number of carbonyl (C=O) groups excluding carboxylic acids is 5. The number of ketones is 5. The fraction of sp³-hybridized carbons (Fsp3) is 0.328. The maximum atomic E-state index is 11.9. The van der Waals surface area contributed by atoms with Crippen molar-refractivity contribution in [3.63, 3.8) is 0 Å². The smallest absolute Gasteiger partial charge is 0.161 e. The molecule has 0 atom stereocenters. The summed E-state index contributed by atoms with van der Waals surface area (Å²) in [4.78, 5) is 58.9. The molecule has 0 radical (unpaired) electrons. The van der Waals surface area contributed by atoms with Crippen LogP contribution in [0, 0.1) is 11.8 Å². The number of halogens is 3. The van der Waals surface area contributed by atoms with E-state index in [1.807, 2.05) is 280 Å². The number of hydrogen-bond acceptors (Lipinski definition) is 21. The van der Waals surface area contributed by atoms with Gasteiger partial charge in [-0.2, -0.15) is 25.5 Å². The number of methoxy groups -OCH3 is 4. The second-order valence-electron chi connectivity index (χ2n) is 38.8. The highest BCUT2D eigenvalue weighted by Gasteiger charge is 2.32. The Balaban J connectivity index is 0.000000176. The van der Waals surface area contributed by atoms with Crippen molar-refractivity contribution in [1.29, 1.82) is 0 Å². The van der Waals surface area contributed by atoms with Crippen molar-refractivity contribution in [3.8, 4) is 108 Å². The molecule has 0 amide bonds. The highest BCUT2D eigenvalue weighted by atomic mass is 35.5. The molecule has 0 spiro atoms. The van der Waals surface area contributed by atoms with Gasteiger partial charge >= 0.3 is 0 Å². The molecule has 15 aromatic rings. The molecule has 5 heterocycles. The Morgan fingerprint density at radius 3 is 1.00 bits per heavy atom. The normalized spacial score (nSPS) is 11.5. The van der Waals surface area contributed by atoms with Crippen LogP contribution in [0.15, 0.2) is 279 Å². The van der Waals surface area contributed by atoms with Crippen LogP contribution in [0.1, 0.15) is 171 Å². The van der Waals surface area contributed by atoms with E-state index in [0.717, 1.165) is 136 Å². The summed E-state index contributed by atoms with van der Waals surface area (Å²) >= 11 is 18.6. The molecule has 778 valence electrons. The first-order chi connectivity index (χ1) is 70.3. The molecule has 0 aliphatic heterocycles. The van der Waals surface area contributed by atoms with Crippen LogP contribution in [0.2, 0.25) is 15.1 Å². The number of aromatic nitrogens is 10. The van der Waals surface area contributed by atoms with Crippen molar-refractivity contribution in [2.24, 2.45) is 11.8 Å². The zero-order valence-corrected chi connectivity index (χ0v) is 91.0. The first-order valence-corrected chi connectivity index (χ1v) is 50.0. The molecule has 0 fully saturated rings. The summed E-state index contributed by atoms with van der Waals surface area (Å²) in [6.45, 7) is 37.5. The highest BCUT2D eigenvalue weighted by molar-refractivity contribution is 6.32. The molecule has 26 nitrogen and oxygen atoms in total. The lowest BCUT2D eigenvalue weighted by Crippen LogP contribution is -2.32. The number of rotatable bonds is 42. The largest absolute Gasteiger partial charge is 0.497 e. The van der Waals surface area contributed by atoms with Gasteiger partial charge in [-0.05, 0) is 273 Å². The molecule has 0 saturated carbocycles. The standard InChI is InChI=1S/C27H34N2O4.C26H32N2O3.3C22H23ClN2O3/c1-19(2)17-32-24-12-9-11-21(14-24)25-15-23(18-33-27(4,5)20(3)30)28-29(25)16-22-10-7-8-13-26(22)31-6;1-19(2)17-30-24-13-9-12-22(14-24)25-15-23(18-31-26(4,5)20(3)29)27-28(25)16-21-10-7-6-8-11-21;1-15(26)22(2,3)28-14-18-13-21(16-7-5-10-20(11-16)27-4)25(24-18)19-9-6-8-17(23)12-19;1-15(26)22(2,3)28-14-17-13-21(16-8-7-9-18(12-16)27-4)25(24-17)20-11-6-5-10-19(20)23;1-15(26)22(2,3)28-14-18-13-21(16-6-5-7-20(12-16)27-4)25(24-18)19-10-8-17(23)9-11-19/h7-15,19H,16-18H2,1-6H3;6-15,19H,16-18H2,1-5H3;3*5-13H,14H2,1-4H3. The lowest BCUT2D eigenvalue weighted by atomic mass is 10.1. The number of hydrogen-bond donors (Lipinski definition) is 0. The van der Waals surface area contributed by atoms with E-state index in [0.29, 0.717) is 64.6 Å². The van der Waals surface area contributed by atoms with Gasteiger partial charge < -0.3 is 52.1 Å². The van der Waals surface area contributed by atoms with Crippen molar-refractivity contribution in [2.75, 3.05) is 41.7 Å². The monoisotopic (exact) mass is 2060 g/mol. The molecule has 148 heavy (non-hydrogen) atoms. The highest BCUT2D eigenvalue weighted by Crippen LogP contribution is 2.37. The number of para-hydroxylation sites is 2. The molecule has 0 aliphatic rings. The third-order valence-electron chi connectivity index (χ3n) is 24.5. The Hall–Kier alpha value is -13.9. The summed E-state index contributed by atoms with van der Waals surface area (Å²) < 4.78 is 72.0. The first-order valence-electron chi connectivity index (χ1n) is 48.8. The summed E-state index contributed by atoms with van der Waals surface area (Å²) in [7, 11) is 6.57. The minimum atomic E-state index is -0.871. The molecule has 0 saturated heterocycles. The number of ether oxygens (including phenoxy) is 11. The van der Waals surface area contributed by atoms with Gasteiger partial charge in [0.15, 0.2) is 28.9 Å². The van der Waals surface area contributed by atoms with Crippen molar-refractivity contribution in [1.82, 2.24) is 48.9 Å². The van der Waals surface area contributed by atoms with E-state index in [1.165, 1.54) is 27.7 Å². The molecule has 0 aliphatic carbocycles. The quantitative estimate of drug-likeness (QED) is 0.0344. The fourth-order valence-corrected chi connectivity index (χ4v) is 14.7. The first kappa shape index (κ1) is 114. The Kier molecular flexibility index (Phi) is 40.6. The van der Waals surface area contributed by atoms with Gasteiger partial charge in [0.25, 0.3) is 0 Å². The topological polar surface area (TPSA) is 276 Å². The van der Waals surface area contributed by atoms with Crippen LogP contribution in [-0.4, -0.2) is 147 Å². The van der Waals surface area contributed by atoms with Gasteiger partial charge in [0.1, 0.15) is 62.5 Å². The number of Topliss-reactive ketones (excluding diaryl/α,β-unsaturated/α-hetero) is 5. The third kappa shape index (κ3) is 32.5. The van der Waals surface area contributed by atoms with Crippen molar-refractivity contribution in [2.45, 2.75) is 206 Å². The van der Waals surface area contributed by atoms with E-state index in [1.54, 1.807) is 109 Å². The maximum absolute atomic E-state index is 11.9. The zero-order chi connectivity index (χ0) is 107.